The molecule has 1 saturated heterocycles. The highest BCUT2D eigenvalue weighted by Crippen LogP contribution is 2.27. The minimum absolute atomic E-state index is 0.0833. The minimum Gasteiger partial charge on any atom is -0.353 e. The summed E-state index contributed by atoms with van der Waals surface area (Å²) in [6, 6.07) is 4.40. The van der Waals surface area contributed by atoms with Crippen molar-refractivity contribution in [2.24, 2.45) is 0 Å². The molecule has 0 atom stereocenters. The zero-order valence-electron chi connectivity index (χ0n) is 11.1. The molecule has 1 aliphatic heterocycles. The van der Waals surface area contributed by atoms with E-state index in [2.05, 4.69) is 21.7 Å². The Labute approximate surface area is 126 Å². The number of thiazole rings is 1. The number of thiophene rings is 1. The van der Waals surface area contributed by atoms with Crippen LogP contribution in [0.4, 0.5) is 0 Å². The number of carbonyl (C=O) groups is 1. The lowest BCUT2D eigenvalue weighted by atomic mass is 10.1. The molecule has 1 aliphatic rings. The highest BCUT2D eigenvalue weighted by atomic mass is 32.1. The van der Waals surface area contributed by atoms with Crippen LogP contribution in [0.15, 0.2) is 22.9 Å². The standard InChI is InChI=1S/C14H17N3OS2/c18-13(16-10-3-5-15-6-4-10)8-11-9-20-14(17-11)12-2-1-7-19-12/h1-2,7,9-10,15H,3-6,8H2,(H,16,18). The number of nitrogens with zero attached hydrogens (tertiary/aromatic N) is 1. The second kappa shape index (κ2) is 6.47. The van der Waals surface area contributed by atoms with Crippen molar-refractivity contribution < 1.29 is 4.79 Å². The summed E-state index contributed by atoms with van der Waals surface area (Å²) in [6.07, 6.45) is 2.41. The van der Waals surface area contributed by atoms with E-state index in [1.807, 2.05) is 16.8 Å². The Bertz CT molecular complexity index is 559. The third-order valence-corrected chi connectivity index (χ3v) is 5.26. The Morgan fingerprint density at radius 3 is 3.00 bits per heavy atom. The lowest BCUT2D eigenvalue weighted by Gasteiger charge is -2.23. The molecule has 6 heteroatoms. The maximum atomic E-state index is 12.0. The van der Waals surface area contributed by atoms with Crippen LogP contribution in [0.5, 0.6) is 0 Å². The van der Waals surface area contributed by atoms with Crippen molar-refractivity contribution >= 4 is 28.6 Å². The Hall–Kier alpha value is -1.24. The Morgan fingerprint density at radius 2 is 2.25 bits per heavy atom. The normalized spacial score (nSPS) is 16.2. The summed E-state index contributed by atoms with van der Waals surface area (Å²) < 4.78 is 0. The van der Waals surface area contributed by atoms with Crippen molar-refractivity contribution in [3.05, 3.63) is 28.6 Å². The number of amides is 1. The third-order valence-electron chi connectivity index (χ3n) is 3.33. The van der Waals surface area contributed by atoms with Gasteiger partial charge in [-0.25, -0.2) is 4.98 Å². The van der Waals surface area contributed by atoms with Crippen LogP contribution in [0.25, 0.3) is 9.88 Å². The molecule has 0 bridgehead atoms. The van der Waals surface area contributed by atoms with E-state index in [1.165, 1.54) is 4.88 Å². The fraction of sp³-hybridized carbons (Fsp3) is 0.429. The molecule has 2 aromatic heterocycles. The summed E-state index contributed by atoms with van der Waals surface area (Å²) in [6.45, 7) is 1.98. The van der Waals surface area contributed by atoms with E-state index in [9.17, 15) is 4.79 Å². The van der Waals surface area contributed by atoms with Gasteiger partial charge in [0.05, 0.1) is 17.0 Å². The molecule has 1 fully saturated rings. The van der Waals surface area contributed by atoms with Crippen LogP contribution in [0.3, 0.4) is 0 Å². The molecule has 106 valence electrons. The highest BCUT2D eigenvalue weighted by molar-refractivity contribution is 7.20. The van der Waals surface area contributed by atoms with E-state index in [0.717, 1.165) is 36.6 Å². The summed E-state index contributed by atoms with van der Waals surface area (Å²) in [5.74, 6) is 0.0833. The molecule has 0 aromatic carbocycles. The topological polar surface area (TPSA) is 54.0 Å². The number of nitrogens with one attached hydrogen (secondary N) is 2. The molecule has 0 saturated carbocycles. The smallest absolute Gasteiger partial charge is 0.226 e. The van der Waals surface area contributed by atoms with Gasteiger partial charge in [0.15, 0.2) is 0 Å². The van der Waals surface area contributed by atoms with Gasteiger partial charge in [0, 0.05) is 11.4 Å². The van der Waals surface area contributed by atoms with E-state index in [1.54, 1.807) is 22.7 Å². The van der Waals surface area contributed by atoms with Gasteiger partial charge in [-0.15, -0.1) is 22.7 Å². The van der Waals surface area contributed by atoms with Crippen molar-refractivity contribution in [1.82, 2.24) is 15.6 Å². The largest absolute Gasteiger partial charge is 0.353 e. The first-order valence-electron chi connectivity index (χ1n) is 6.79. The Morgan fingerprint density at radius 1 is 1.40 bits per heavy atom. The molecular formula is C14H17N3OS2. The monoisotopic (exact) mass is 307 g/mol. The third kappa shape index (κ3) is 3.45. The van der Waals surface area contributed by atoms with Gasteiger partial charge in [-0.2, -0.15) is 0 Å². The van der Waals surface area contributed by atoms with Gasteiger partial charge in [0.25, 0.3) is 0 Å². The molecule has 2 aromatic rings. The van der Waals surface area contributed by atoms with E-state index >= 15 is 0 Å². The van der Waals surface area contributed by atoms with Crippen molar-refractivity contribution in [2.45, 2.75) is 25.3 Å². The number of carbonyl (C=O) groups excluding carboxylic acids is 1. The SMILES string of the molecule is O=C(Cc1csc(-c2cccs2)n1)NC1CCNCC1. The first kappa shape index (κ1) is 13.7. The molecule has 0 spiro atoms. The fourth-order valence-corrected chi connectivity index (χ4v) is 3.94. The molecule has 1 amide bonds. The number of rotatable bonds is 4. The highest BCUT2D eigenvalue weighted by Gasteiger charge is 2.16. The fourth-order valence-electron chi connectivity index (χ4n) is 2.31. The quantitative estimate of drug-likeness (QED) is 0.911. The number of aromatic nitrogens is 1. The predicted molar refractivity (Wildman–Crippen MR) is 83.2 cm³/mol. The van der Waals surface area contributed by atoms with Gasteiger partial charge in [-0.1, -0.05) is 6.07 Å². The molecule has 3 heterocycles. The van der Waals surface area contributed by atoms with E-state index in [0.29, 0.717) is 12.5 Å². The first-order valence-corrected chi connectivity index (χ1v) is 8.55. The average molecular weight is 307 g/mol. The molecule has 0 radical (unpaired) electrons. The van der Waals surface area contributed by atoms with E-state index in [4.69, 9.17) is 0 Å². The van der Waals surface area contributed by atoms with Crippen LogP contribution in [0.2, 0.25) is 0 Å². The lowest BCUT2D eigenvalue weighted by molar-refractivity contribution is -0.121. The predicted octanol–water partition coefficient (Wildman–Crippen LogP) is 2.28. The Balaban J connectivity index is 1.56. The maximum Gasteiger partial charge on any atom is 0.226 e. The van der Waals surface area contributed by atoms with Gasteiger partial charge in [0.1, 0.15) is 5.01 Å². The number of piperidine rings is 1. The summed E-state index contributed by atoms with van der Waals surface area (Å²) >= 11 is 3.28. The van der Waals surface area contributed by atoms with Crippen LogP contribution in [0, 0.1) is 0 Å². The van der Waals surface area contributed by atoms with Crippen LogP contribution in [-0.2, 0) is 11.2 Å². The molecule has 3 rings (SSSR count). The summed E-state index contributed by atoms with van der Waals surface area (Å²) in [5.41, 5.74) is 0.866. The van der Waals surface area contributed by atoms with Gasteiger partial charge in [0.2, 0.25) is 5.91 Å². The summed E-state index contributed by atoms with van der Waals surface area (Å²) in [5, 5.41) is 11.4. The van der Waals surface area contributed by atoms with Gasteiger partial charge in [-0.3, -0.25) is 4.79 Å². The molecule has 0 aliphatic carbocycles. The molecule has 4 nitrogen and oxygen atoms in total. The van der Waals surface area contributed by atoms with Crippen LogP contribution in [-0.4, -0.2) is 30.0 Å². The van der Waals surface area contributed by atoms with Gasteiger partial charge >= 0.3 is 0 Å². The molecule has 20 heavy (non-hydrogen) atoms. The first-order chi connectivity index (χ1) is 9.81. The van der Waals surface area contributed by atoms with Crippen molar-refractivity contribution in [3.8, 4) is 9.88 Å². The summed E-state index contributed by atoms with van der Waals surface area (Å²) in [4.78, 5) is 17.7. The van der Waals surface area contributed by atoms with Gasteiger partial charge < -0.3 is 10.6 Å². The zero-order chi connectivity index (χ0) is 13.8. The average Bonchev–Trinajstić information content (AvgIpc) is 3.10. The van der Waals surface area contributed by atoms with E-state index < -0.39 is 0 Å². The van der Waals surface area contributed by atoms with Crippen molar-refractivity contribution in [3.63, 3.8) is 0 Å². The zero-order valence-corrected chi connectivity index (χ0v) is 12.7. The second-order valence-corrected chi connectivity index (χ2v) is 6.70. The number of hydrogen-bond donors (Lipinski definition) is 2. The van der Waals surface area contributed by atoms with E-state index in [-0.39, 0.29) is 5.91 Å². The van der Waals surface area contributed by atoms with Crippen molar-refractivity contribution in [1.29, 1.82) is 0 Å². The van der Waals surface area contributed by atoms with Gasteiger partial charge in [-0.05, 0) is 37.4 Å². The molecular weight excluding hydrogens is 290 g/mol. The van der Waals surface area contributed by atoms with Crippen LogP contribution in [0.1, 0.15) is 18.5 Å². The Kier molecular flexibility index (Phi) is 4.44. The second-order valence-electron chi connectivity index (χ2n) is 4.89. The maximum absolute atomic E-state index is 12.0. The molecule has 2 N–H and O–H groups in total. The minimum atomic E-state index is 0.0833. The lowest BCUT2D eigenvalue weighted by Crippen LogP contribution is -2.43. The van der Waals surface area contributed by atoms with Crippen LogP contribution < -0.4 is 10.6 Å². The molecule has 0 unspecified atom stereocenters. The number of hydrogen-bond acceptors (Lipinski definition) is 5. The van der Waals surface area contributed by atoms with Crippen molar-refractivity contribution in [2.75, 3.05) is 13.1 Å². The summed E-state index contributed by atoms with van der Waals surface area (Å²) in [7, 11) is 0. The van der Waals surface area contributed by atoms with Crippen LogP contribution >= 0.6 is 22.7 Å².